The Hall–Kier alpha value is -1.68. The first kappa shape index (κ1) is 12.8. The summed E-state index contributed by atoms with van der Waals surface area (Å²) < 4.78 is 0.881. The van der Waals surface area contributed by atoms with Gasteiger partial charge in [0, 0.05) is 16.2 Å². The van der Waals surface area contributed by atoms with Crippen LogP contribution in [0.2, 0.25) is 0 Å². The van der Waals surface area contributed by atoms with Crippen molar-refractivity contribution < 1.29 is 4.79 Å². The van der Waals surface area contributed by atoms with Crippen LogP contribution in [0, 0.1) is 13.8 Å². The van der Waals surface area contributed by atoms with Crippen LogP contribution in [0.1, 0.15) is 21.5 Å². The second-order valence-electron chi connectivity index (χ2n) is 4.11. The number of benzene rings is 1. The van der Waals surface area contributed by atoms with E-state index in [0.717, 1.165) is 10.0 Å². The minimum absolute atomic E-state index is 0.145. The fourth-order valence-corrected chi connectivity index (χ4v) is 1.76. The predicted molar refractivity (Wildman–Crippen MR) is 75.8 cm³/mol. The molecule has 1 amide bonds. The Bertz CT molecular complexity index is 579. The number of halogens is 1. The Morgan fingerprint density at radius 1 is 1.17 bits per heavy atom. The third-order valence-electron chi connectivity index (χ3n) is 2.74. The molecule has 0 saturated heterocycles. The highest BCUT2D eigenvalue weighted by atomic mass is 79.9. The van der Waals surface area contributed by atoms with Crippen LogP contribution < -0.4 is 5.32 Å². The number of nitrogens with zero attached hydrogens (tertiary/aromatic N) is 1. The van der Waals surface area contributed by atoms with Gasteiger partial charge in [-0.3, -0.25) is 4.79 Å². The second-order valence-corrected chi connectivity index (χ2v) is 5.03. The van der Waals surface area contributed by atoms with E-state index in [2.05, 4.69) is 26.2 Å². The zero-order valence-corrected chi connectivity index (χ0v) is 11.8. The molecule has 2 rings (SSSR count). The molecule has 1 aromatic heterocycles. The van der Waals surface area contributed by atoms with Gasteiger partial charge in [0.05, 0.1) is 0 Å². The second kappa shape index (κ2) is 5.31. The molecule has 0 atom stereocenters. The average molecular weight is 305 g/mol. The van der Waals surface area contributed by atoms with Crippen LogP contribution in [-0.4, -0.2) is 10.9 Å². The highest BCUT2D eigenvalue weighted by Crippen LogP contribution is 2.13. The molecule has 92 valence electrons. The normalized spacial score (nSPS) is 10.2. The Kier molecular flexibility index (Phi) is 3.77. The van der Waals surface area contributed by atoms with Gasteiger partial charge in [-0.2, -0.15) is 0 Å². The average Bonchev–Trinajstić information content (AvgIpc) is 2.35. The third-order valence-corrected chi connectivity index (χ3v) is 3.21. The van der Waals surface area contributed by atoms with Gasteiger partial charge in [-0.1, -0.05) is 6.07 Å². The minimum atomic E-state index is -0.145. The van der Waals surface area contributed by atoms with Crippen molar-refractivity contribution in [3.05, 3.63) is 57.7 Å². The van der Waals surface area contributed by atoms with Gasteiger partial charge >= 0.3 is 0 Å². The molecule has 0 bridgehead atoms. The molecule has 3 nitrogen and oxygen atoms in total. The molecule has 0 aliphatic carbocycles. The topological polar surface area (TPSA) is 42.0 Å². The summed E-state index contributed by atoms with van der Waals surface area (Å²) in [7, 11) is 0. The highest BCUT2D eigenvalue weighted by Gasteiger charge is 2.07. The molecular formula is C14H13BrN2O. The van der Waals surface area contributed by atoms with E-state index in [1.165, 1.54) is 5.56 Å². The van der Waals surface area contributed by atoms with Crippen molar-refractivity contribution in [1.29, 1.82) is 0 Å². The van der Waals surface area contributed by atoms with E-state index in [1.807, 2.05) is 38.1 Å². The first-order valence-electron chi connectivity index (χ1n) is 5.56. The molecule has 0 aliphatic rings. The van der Waals surface area contributed by atoms with Gasteiger partial charge in [0.15, 0.2) is 0 Å². The summed E-state index contributed by atoms with van der Waals surface area (Å²) in [5.74, 6) is 0.398. The van der Waals surface area contributed by atoms with Crippen molar-refractivity contribution in [3.63, 3.8) is 0 Å². The van der Waals surface area contributed by atoms with Crippen LogP contribution in [0.5, 0.6) is 0 Å². The van der Waals surface area contributed by atoms with Gasteiger partial charge in [-0.15, -0.1) is 0 Å². The zero-order valence-electron chi connectivity index (χ0n) is 10.2. The molecular weight excluding hydrogens is 292 g/mol. The fraction of sp³-hybridized carbons (Fsp3) is 0.143. The van der Waals surface area contributed by atoms with Gasteiger partial charge in [0.25, 0.3) is 5.91 Å². The molecule has 1 N–H and O–H groups in total. The quantitative estimate of drug-likeness (QED) is 0.919. The molecule has 0 saturated carbocycles. The number of carbonyl (C=O) groups is 1. The molecule has 0 fully saturated rings. The van der Waals surface area contributed by atoms with E-state index in [-0.39, 0.29) is 5.91 Å². The number of aromatic nitrogens is 1. The summed E-state index contributed by atoms with van der Waals surface area (Å²) in [5.41, 5.74) is 2.92. The summed E-state index contributed by atoms with van der Waals surface area (Å²) in [6, 6.07) is 9.23. The van der Waals surface area contributed by atoms with Gasteiger partial charge in [-0.05, 0) is 65.2 Å². The molecule has 1 heterocycles. The maximum Gasteiger partial charge on any atom is 0.256 e. The van der Waals surface area contributed by atoms with Crippen LogP contribution in [-0.2, 0) is 0 Å². The Labute approximate surface area is 114 Å². The van der Waals surface area contributed by atoms with Gasteiger partial charge in [0.1, 0.15) is 5.82 Å². The molecule has 1 aromatic carbocycles. The highest BCUT2D eigenvalue weighted by molar-refractivity contribution is 9.10. The van der Waals surface area contributed by atoms with Crippen molar-refractivity contribution in [3.8, 4) is 0 Å². The summed E-state index contributed by atoms with van der Waals surface area (Å²) >= 11 is 3.30. The van der Waals surface area contributed by atoms with Gasteiger partial charge < -0.3 is 5.32 Å². The van der Waals surface area contributed by atoms with Crippen LogP contribution in [0.25, 0.3) is 0 Å². The van der Waals surface area contributed by atoms with E-state index in [1.54, 1.807) is 12.3 Å². The number of rotatable bonds is 2. The third kappa shape index (κ3) is 2.96. The number of hydrogen-bond acceptors (Lipinski definition) is 2. The molecule has 18 heavy (non-hydrogen) atoms. The van der Waals surface area contributed by atoms with E-state index in [0.29, 0.717) is 11.4 Å². The van der Waals surface area contributed by atoms with E-state index >= 15 is 0 Å². The first-order chi connectivity index (χ1) is 8.56. The van der Waals surface area contributed by atoms with Crippen LogP contribution >= 0.6 is 15.9 Å². The number of hydrogen-bond donors (Lipinski definition) is 1. The minimum Gasteiger partial charge on any atom is -0.307 e. The van der Waals surface area contributed by atoms with E-state index in [4.69, 9.17) is 0 Å². The summed E-state index contributed by atoms with van der Waals surface area (Å²) in [4.78, 5) is 16.1. The van der Waals surface area contributed by atoms with Crippen molar-refractivity contribution in [2.24, 2.45) is 0 Å². The van der Waals surface area contributed by atoms with Gasteiger partial charge in [-0.25, -0.2) is 4.98 Å². The van der Waals surface area contributed by atoms with Crippen LogP contribution in [0.15, 0.2) is 41.0 Å². The lowest BCUT2D eigenvalue weighted by Crippen LogP contribution is -2.13. The number of anilines is 1. The maximum atomic E-state index is 12.0. The lowest BCUT2D eigenvalue weighted by atomic mass is 10.1. The Morgan fingerprint density at radius 2 is 1.94 bits per heavy atom. The SMILES string of the molecule is Cc1ccc(C(=O)Nc2ccc(Br)cn2)cc1C. The molecule has 0 unspecified atom stereocenters. The molecule has 4 heteroatoms. The number of pyridine rings is 1. The monoisotopic (exact) mass is 304 g/mol. The Balaban J connectivity index is 2.16. The summed E-state index contributed by atoms with van der Waals surface area (Å²) in [6.45, 7) is 4.01. The molecule has 0 radical (unpaired) electrons. The number of amides is 1. The lowest BCUT2D eigenvalue weighted by molar-refractivity contribution is 0.102. The number of carbonyl (C=O) groups excluding carboxylic acids is 1. The predicted octanol–water partition coefficient (Wildman–Crippen LogP) is 3.71. The Morgan fingerprint density at radius 3 is 2.56 bits per heavy atom. The van der Waals surface area contributed by atoms with Gasteiger partial charge in [0.2, 0.25) is 0 Å². The molecule has 0 aliphatic heterocycles. The van der Waals surface area contributed by atoms with Crippen LogP contribution in [0.4, 0.5) is 5.82 Å². The van der Waals surface area contributed by atoms with Crippen molar-refractivity contribution in [2.45, 2.75) is 13.8 Å². The van der Waals surface area contributed by atoms with Crippen LogP contribution in [0.3, 0.4) is 0 Å². The fourth-order valence-electron chi connectivity index (χ4n) is 1.52. The zero-order chi connectivity index (χ0) is 13.1. The lowest BCUT2D eigenvalue weighted by Gasteiger charge is -2.06. The first-order valence-corrected chi connectivity index (χ1v) is 6.36. The standard InChI is InChI=1S/C14H13BrN2O/c1-9-3-4-11(7-10(9)2)14(18)17-13-6-5-12(15)8-16-13/h3-8H,1-2H3,(H,16,17,18). The maximum absolute atomic E-state index is 12.0. The van der Waals surface area contributed by atoms with Crippen molar-refractivity contribution >= 4 is 27.7 Å². The largest absolute Gasteiger partial charge is 0.307 e. The molecule has 0 spiro atoms. The summed E-state index contributed by atoms with van der Waals surface area (Å²) in [5, 5.41) is 2.76. The smallest absolute Gasteiger partial charge is 0.256 e. The summed E-state index contributed by atoms with van der Waals surface area (Å²) in [6.07, 6.45) is 1.65. The number of aryl methyl sites for hydroxylation is 2. The van der Waals surface area contributed by atoms with E-state index < -0.39 is 0 Å². The van der Waals surface area contributed by atoms with Crippen molar-refractivity contribution in [2.75, 3.05) is 5.32 Å². The van der Waals surface area contributed by atoms with Crippen molar-refractivity contribution in [1.82, 2.24) is 4.98 Å². The number of nitrogens with one attached hydrogen (secondary N) is 1. The molecule has 2 aromatic rings. The van der Waals surface area contributed by atoms with E-state index in [9.17, 15) is 4.79 Å².